The van der Waals surface area contributed by atoms with Gasteiger partial charge in [-0.25, -0.2) is 8.42 Å². The third-order valence-corrected chi connectivity index (χ3v) is 5.46. The Bertz CT molecular complexity index is 722. The van der Waals surface area contributed by atoms with Crippen molar-refractivity contribution in [1.29, 1.82) is 0 Å². The van der Waals surface area contributed by atoms with E-state index in [1.165, 1.54) is 4.31 Å². The van der Waals surface area contributed by atoms with Crippen LogP contribution in [0, 0.1) is 6.92 Å². The molecule has 0 unspecified atom stereocenters. The van der Waals surface area contributed by atoms with Crippen LogP contribution in [0.2, 0.25) is 0 Å². The van der Waals surface area contributed by atoms with Gasteiger partial charge in [0.15, 0.2) is 0 Å². The number of benzene rings is 1. The summed E-state index contributed by atoms with van der Waals surface area (Å²) in [7, 11) is -3.30. The van der Waals surface area contributed by atoms with E-state index in [-0.39, 0.29) is 5.75 Å². The summed E-state index contributed by atoms with van der Waals surface area (Å²) in [6.45, 7) is 3.69. The molecule has 0 bridgehead atoms. The second-order valence-corrected chi connectivity index (χ2v) is 7.20. The van der Waals surface area contributed by atoms with Gasteiger partial charge in [-0.2, -0.15) is 4.31 Å². The summed E-state index contributed by atoms with van der Waals surface area (Å²) in [5, 5.41) is 7.76. The minimum Gasteiger partial charge on any atom is -0.408 e. The molecule has 1 aliphatic rings. The molecule has 0 aliphatic carbocycles. The molecule has 0 atom stereocenters. The molecule has 1 saturated heterocycles. The monoisotopic (exact) mass is 322 g/mol. The molecule has 2 aromatic rings. The van der Waals surface area contributed by atoms with E-state index < -0.39 is 10.0 Å². The van der Waals surface area contributed by atoms with Crippen LogP contribution in [0.5, 0.6) is 0 Å². The van der Waals surface area contributed by atoms with Gasteiger partial charge in [-0.3, -0.25) is 0 Å². The average Bonchev–Trinajstić information content (AvgIpc) is 2.95. The number of aromatic nitrogens is 2. The van der Waals surface area contributed by atoms with Gasteiger partial charge in [0.05, 0.1) is 5.75 Å². The molecule has 118 valence electrons. The topological polar surface area (TPSA) is 79.5 Å². The smallest absolute Gasteiger partial charge is 0.318 e. The highest BCUT2D eigenvalue weighted by atomic mass is 32.2. The molecule has 7 nitrogen and oxygen atoms in total. The summed E-state index contributed by atoms with van der Waals surface area (Å²) in [5.74, 6) is 0.544. The molecular weight excluding hydrogens is 304 g/mol. The van der Waals surface area contributed by atoms with Crippen molar-refractivity contribution in [3.63, 3.8) is 0 Å². The van der Waals surface area contributed by atoms with Crippen molar-refractivity contribution >= 4 is 16.0 Å². The van der Waals surface area contributed by atoms with Crippen LogP contribution in [0.3, 0.4) is 0 Å². The van der Waals surface area contributed by atoms with E-state index in [0.717, 1.165) is 5.56 Å². The van der Waals surface area contributed by atoms with Gasteiger partial charge in [0.1, 0.15) is 0 Å². The zero-order valence-corrected chi connectivity index (χ0v) is 13.2. The van der Waals surface area contributed by atoms with Crippen molar-refractivity contribution in [3.8, 4) is 0 Å². The van der Waals surface area contributed by atoms with Gasteiger partial charge in [-0.1, -0.05) is 35.4 Å². The first-order valence-electron chi connectivity index (χ1n) is 7.11. The zero-order chi connectivity index (χ0) is 15.6. The van der Waals surface area contributed by atoms with Crippen molar-refractivity contribution in [1.82, 2.24) is 14.5 Å². The van der Waals surface area contributed by atoms with E-state index in [1.54, 1.807) is 6.92 Å². The molecule has 2 heterocycles. The number of piperazine rings is 1. The predicted octanol–water partition coefficient (Wildman–Crippen LogP) is 1.03. The number of aryl methyl sites for hydroxylation is 1. The van der Waals surface area contributed by atoms with Gasteiger partial charge in [-0.05, 0) is 5.56 Å². The minimum atomic E-state index is -3.30. The lowest BCUT2D eigenvalue weighted by Gasteiger charge is -2.32. The van der Waals surface area contributed by atoms with E-state index in [0.29, 0.717) is 38.1 Å². The number of hydrogen-bond acceptors (Lipinski definition) is 6. The molecular formula is C14H18N4O3S. The molecule has 0 radical (unpaired) electrons. The van der Waals surface area contributed by atoms with Gasteiger partial charge < -0.3 is 9.32 Å². The first kappa shape index (κ1) is 15.0. The van der Waals surface area contributed by atoms with Gasteiger partial charge in [0, 0.05) is 33.1 Å². The van der Waals surface area contributed by atoms with Gasteiger partial charge >= 0.3 is 6.01 Å². The van der Waals surface area contributed by atoms with E-state index in [9.17, 15) is 8.42 Å². The molecule has 0 saturated carbocycles. The van der Waals surface area contributed by atoms with Crippen molar-refractivity contribution in [3.05, 3.63) is 41.8 Å². The quantitative estimate of drug-likeness (QED) is 0.836. The molecule has 0 spiro atoms. The third-order valence-electron chi connectivity index (χ3n) is 3.61. The van der Waals surface area contributed by atoms with Crippen LogP contribution in [0.15, 0.2) is 34.7 Å². The maximum Gasteiger partial charge on any atom is 0.318 e. The maximum atomic E-state index is 12.5. The second-order valence-electron chi connectivity index (χ2n) is 5.23. The van der Waals surface area contributed by atoms with Crippen molar-refractivity contribution in [2.45, 2.75) is 12.7 Å². The highest BCUT2D eigenvalue weighted by Gasteiger charge is 2.28. The predicted molar refractivity (Wildman–Crippen MR) is 81.9 cm³/mol. The molecule has 3 rings (SSSR count). The molecule has 1 aliphatic heterocycles. The molecule has 0 N–H and O–H groups in total. The van der Waals surface area contributed by atoms with Crippen LogP contribution in [0.1, 0.15) is 11.5 Å². The standard InChI is InChI=1S/C14H18N4O3S/c1-12-15-16-14(21-12)17-7-9-18(10-8-17)22(19,20)11-13-5-3-2-4-6-13/h2-6H,7-11H2,1H3. The summed E-state index contributed by atoms with van der Waals surface area (Å²) in [6, 6.07) is 9.68. The number of sulfonamides is 1. The number of nitrogens with zero attached hydrogens (tertiary/aromatic N) is 4. The van der Waals surface area contributed by atoms with Crippen molar-refractivity contribution in [2.24, 2.45) is 0 Å². The summed E-state index contributed by atoms with van der Waals surface area (Å²) < 4.78 is 31.8. The molecule has 1 aromatic carbocycles. The molecule has 8 heteroatoms. The number of hydrogen-bond donors (Lipinski definition) is 0. The van der Waals surface area contributed by atoms with Crippen LogP contribution in [0.4, 0.5) is 6.01 Å². The Balaban J connectivity index is 1.63. The fourth-order valence-corrected chi connectivity index (χ4v) is 3.96. The highest BCUT2D eigenvalue weighted by Crippen LogP contribution is 2.17. The lowest BCUT2D eigenvalue weighted by molar-refractivity contribution is 0.369. The second kappa shape index (κ2) is 6.05. The molecule has 22 heavy (non-hydrogen) atoms. The van der Waals surface area contributed by atoms with Gasteiger partial charge in [-0.15, -0.1) is 5.10 Å². The Morgan fingerprint density at radius 2 is 1.77 bits per heavy atom. The van der Waals surface area contributed by atoms with Gasteiger partial charge in [0.25, 0.3) is 0 Å². The van der Waals surface area contributed by atoms with Crippen LogP contribution in [0.25, 0.3) is 0 Å². The van der Waals surface area contributed by atoms with Gasteiger partial charge in [0.2, 0.25) is 15.9 Å². The SMILES string of the molecule is Cc1nnc(N2CCN(S(=O)(=O)Cc3ccccc3)CC2)o1. The first-order valence-corrected chi connectivity index (χ1v) is 8.72. The van der Waals surface area contributed by atoms with Crippen LogP contribution in [-0.4, -0.2) is 49.1 Å². The summed E-state index contributed by atoms with van der Waals surface area (Å²) in [4.78, 5) is 1.91. The molecule has 1 aromatic heterocycles. The third kappa shape index (κ3) is 3.28. The normalized spacial score (nSPS) is 16.9. The number of rotatable bonds is 4. The lowest BCUT2D eigenvalue weighted by atomic mass is 10.2. The average molecular weight is 322 g/mol. The fraction of sp³-hybridized carbons (Fsp3) is 0.429. The summed E-state index contributed by atoms with van der Waals surface area (Å²) >= 11 is 0. The maximum absolute atomic E-state index is 12.5. The summed E-state index contributed by atoms with van der Waals surface area (Å²) in [6.07, 6.45) is 0. The minimum absolute atomic E-state index is 0.0352. The lowest BCUT2D eigenvalue weighted by Crippen LogP contribution is -2.49. The Morgan fingerprint density at radius 1 is 1.09 bits per heavy atom. The van der Waals surface area contributed by atoms with Crippen LogP contribution < -0.4 is 4.90 Å². The highest BCUT2D eigenvalue weighted by molar-refractivity contribution is 7.88. The fourth-order valence-electron chi connectivity index (χ4n) is 2.45. The summed E-state index contributed by atoms with van der Waals surface area (Å²) in [5.41, 5.74) is 0.803. The van der Waals surface area contributed by atoms with Crippen LogP contribution in [-0.2, 0) is 15.8 Å². The number of anilines is 1. The zero-order valence-electron chi connectivity index (χ0n) is 12.3. The van der Waals surface area contributed by atoms with E-state index in [1.807, 2.05) is 35.2 Å². The van der Waals surface area contributed by atoms with E-state index in [2.05, 4.69) is 10.2 Å². The van der Waals surface area contributed by atoms with E-state index in [4.69, 9.17) is 4.42 Å². The Labute approximate surface area is 129 Å². The largest absolute Gasteiger partial charge is 0.408 e. The van der Waals surface area contributed by atoms with Crippen molar-refractivity contribution < 1.29 is 12.8 Å². The van der Waals surface area contributed by atoms with Crippen molar-refractivity contribution in [2.75, 3.05) is 31.1 Å². The molecule has 0 amide bonds. The first-order chi connectivity index (χ1) is 10.5. The molecule has 1 fully saturated rings. The van der Waals surface area contributed by atoms with Crippen LogP contribution >= 0.6 is 0 Å². The Kier molecular flexibility index (Phi) is 4.12. The Morgan fingerprint density at radius 3 is 2.36 bits per heavy atom. The van der Waals surface area contributed by atoms with E-state index >= 15 is 0 Å². The Hall–Kier alpha value is -1.93.